The van der Waals surface area contributed by atoms with Crippen LogP contribution >= 0.6 is 23.1 Å². The van der Waals surface area contributed by atoms with Gasteiger partial charge in [-0.15, -0.1) is 10.2 Å². The Morgan fingerprint density at radius 2 is 2.09 bits per heavy atom. The lowest BCUT2D eigenvalue weighted by Crippen LogP contribution is -2.25. The number of amides is 2. The summed E-state index contributed by atoms with van der Waals surface area (Å²) in [6.07, 6.45) is -0.355. The predicted octanol–water partition coefficient (Wildman–Crippen LogP) is 4.77. The van der Waals surface area contributed by atoms with Gasteiger partial charge in [0.05, 0.1) is 6.54 Å². The Morgan fingerprint density at radius 3 is 2.88 bits per heavy atom. The second kappa shape index (κ2) is 9.24. The molecule has 0 spiro atoms. The standard InChI is InChI=1S/C23H20N4O4S2/c1-14-25-26-22(33-14)32-13-18-17-7-2-3-8-19(17)31-20(18)21(28)24-12-15-5-4-6-16(11-15)27-9-10-30-23(27)29/h2-8,11H,9-10,12-13H2,1H3,(H,24,28). The molecule has 0 aliphatic carbocycles. The molecule has 2 aromatic heterocycles. The molecule has 3 heterocycles. The number of aryl methyl sites for hydroxylation is 1. The molecule has 0 radical (unpaired) electrons. The average Bonchev–Trinajstić information content (AvgIpc) is 3.54. The normalized spacial score (nSPS) is 13.5. The van der Waals surface area contributed by atoms with Gasteiger partial charge in [0.15, 0.2) is 10.1 Å². The van der Waals surface area contributed by atoms with Crippen molar-refractivity contribution >= 4 is 51.8 Å². The number of para-hydroxylation sites is 1. The van der Waals surface area contributed by atoms with Gasteiger partial charge in [-0.1, -0.05) is 53.4 Å². The maximum Gasteiger partial charge on any atom is 0.414 e. The lowest BCUT2D eigenvalue weighted by Gasteiger charge is -2.14. The van der Waals surface area contributed by atoms with E-state index in [1.165, 1.54) is 23.1 Å². The highest BCUT2D eigenvalue weighted by Crippen LogP contribution is 2.33. The Balaban J connectivity index is 1.33. The van der Waals surface area contributed by atoms with Crippen molar-refractivity contribution in [3.63, 3.8) is 0 Å². The van der Waals surface area contributed by atoms with Gasteiger partial charge in [0, 0.05) is 28.9 Å². The third-order valence-corrected chi connectivity index (χ3v) is 7.19. The summed E-state index contributed by atoms with van der Waals surface area (Å²) in [7, 11) is 0. The second-order valence-electron chi connectivity index (χ2n) is 7.40. The molecule has 1 N–H and O–H groups in total. The maximum absolute atomic E-state index is 13.1. The summed E-state index contributed by atoms with van der Waals surface area (Å²) < 4.78 is 11.8. The molecule has 1 aliphatic rings. The van der Waals surface area contributed by atoms with E-state index in [1.54, 1.807) is 4.90 Å². The summed E-state index contributed by atoms with van der Waals surface area (Å²) in [5.41, 5.74) is 3.12. The van der Waals surface area contributed by atoms with Crippen molar-refractivity contribution in [3.05, 3.63) is 70.4 Å². The smallest absolute Gasteiger partial charge is 0.414 e. The Bertz CT molecular complexity index is 1330. The zero-order chi connectivity index (χ0) is 22.8. The van der Waals surface area contributed by atoms with E-state index in [0.29, 0.717) is 36.8 Å². The van der Waals surface area contributed by atoms with Crippen LogP contribution < -0.4 is 10.2 Å². The van der Waals surface area contributed by atoms with E-state index in [1.807, 2.05) is 55.5 Å². The molecule has 2 aromatic carbocycles. The fourth-order valence-electron chi connectivity index (χ4n) is 3.62. The molecule has 168 valence electrons. The molecule has 0 bridgehead atoms. The van der Waals surface area contributed by atoms with E-state index in [2.05, 4.69) is 15.5 Å². The number of anilines is 1. The van der Waals surface area contributed by atoms with Crippen LogP contribution in [0.3, 0.4) is 0 Å². The molecule has 0 saturated carbocycles. The van der Waals surface area contributed by atoms with E-state index < -0.39 is 0 Å². The number of furan rings is 1. The summed E-state index contributed by atoms with van der Waals surface area (Å²) >= 11 is 3.05. The van der Waals surface area contributed by atoms with E-state index in [-0.39, 0.29) is 12.0 Å². The van der Waals surface area contributed by atoms with Gasteiger partial charge >= 0.3 is 6.09 Å². The van der Waals surface area contributed by atoms with Gasteiger partial charge in [-0.2, -0.15) is 0 Å². The van der Waals surface area contributed by atoms with Crippen molar-refractivity contribution in [3.8, 4) is 0 Å². The van der Waals surface area contributed by atoms with Crippen LogP contribution in [0.2, 0.25) is 0 Å². The molecular formula is C23H20N4O4S2. The lowest BCUT2D eigenvalue weighted by molar-refractivity contribution is 0.0924. The molecule has 8 nitrogen and oxygen atoms in total. The third kappa shape index (κ3) is 4.57. The summed E-state index contributed by atoms with van der Waals surface area (Å²) in [4.78, 5) is 26.5. The Kier molecular flexibility index (Phi) is 6.01. The van der Waals surface area contributed by atoms with Crippen LogP contribution in [0.4, 0.5) is 10.5 Å². The van der Waals surface area contributed by atoms with Crippen molar-refractivity contribution in [2.24, 2.45) is 0 Å². The number of benzene rings is 2. The quantitative estimate of drug-likeness (QED) is 0.381. The Labute approximate surface area is 197 Å². The fraction of sp³-hybridized carbons (Fsp3) is 0.217. The van der Waals surface area contributed by atoms with Gasteiger partial charge in [-0.05, 0) is 30.7 Å². The molecule has 10 heteroatoms. The van der Waals surface area contributed by atoms with Crippen molar-refractivity contribution in [2.45, 2.75) is 23.6 Å². The van der Waals surface area contributed by atoms with E-state index >= 15 is 0 Å². The van der Waals surface area contributed by atoms with Gasteiger partial charge in [0.25, 0.3) is 5.91 Å². The lowest BCUT2D eigenvalue weighted by atomic mass is 10.1. The Morgan fingerprint density at radius 1 is 1.21 bits per heavy atom. The number of aromatic nitrogens is 2. The first-order valence-electron chi connectivity index (χ1n) is 10.3. The van der Waals surface area contributed by atoms with Gasteiger partial charge in [-0.25, -0.2) is 4.79 Å². The number of rotatable bonds is 7. The second-order valence-corrected chi connectivity index (χ2v) is 9.80. The number of cyclic esters (lactones) is 1. The molecule has 33 heavy (non-hydrogen) atoms. The van der Waals surface area contributed by atoms with Crippen LogP contribution in [0.15, 0.2) is 57.3 Å². The van der Waals surface area contributed by atoms with Crippen LogP contribution in [-0.4, -0.2) is 35.3 Å². The van der Waals surface area contributed by atoms with Gasteiger partial charge in [0.1, 0.15) is 17.2 Å². The number of hydrogen-bond acceptors (Lipinski definition) is 8. The molecule has 0 unspecified atom stereocenters. The number of nitrogens with one attached hydrogen (secondary N) is 1. The predicted molar refractivity (Wildman–Crippen MR) is 127 cm³/mol. The molecule has 5 rings (SSSR count). The average molecular weight is 481 g/mol. The molecule has 2 amide bonds. The van der Waals surface area contributed by atoms with Crippen LogP contribution in [0.5, 0.6) is 0 Å². The highest BCUT2D eigenvalue weighted by Gasteiger charge is 2.24. The van der Waals surface area contributed by atoms with Crippen molar-refractivity contribution < 1.29 is 18.7 Å². The SMILES string of the molecule is Cc1nnc(SCc2c(C(=O)NCc3cccc(N4CCOC4=O)c3)oc3ccccc23)s1. The van der Waals surface area contributed by atoms with Crippen molar-refractivity contribution in [1.82, 2.24) is 15.5 Å². The van der Waals surface area contributed by atoms with Crippen molar-refractivity contribution in [2.75, 3.05) is 18.1 Å². The molecule has 1 saturated heterocycles. The summed E-state index contributed by atoms with van der Waals surface area (Å²) in [6.45, 7) is 3.11. The van der Waals surface area contributed by atoms with Gasteiger partial charge in [0.2, 0.25) is 0 Å². The van der Waals surface area contributed by atoms with Crippen LogP contribution in [-0.2, 0) is 17.0 Å². The summed E-state index contributed by atoms with van der Waals surface area (Å²) in [5.74, 6) is 0.548. The molecule has 1 fully saturated rings. The van der Waals surface area contributed by atoms with E-state index in [0.717, 1.165) is 31.5 Å². The zero-order valence-corrected chi connectivity index (χ0v) is 19.4. The first kappa shape index (κ1) is 21.5. The van der Waals surface area contributed by atoms with E-state index in [9.17, 15) is 9.59 Å². The topological polar surface area (TPSA) is 97.6 Å². The monoisotopic (exact) mass is 480 g/mol. The largest absolute Gasteiger partial charge is 0.451 e. The number of fused-ring (bicyclic) bond motifs is 1. The third-order valence-electron chi connectivity index (χ3n) is 5.19. The number of thioether (sulfide) groups is 1. The van der Waals surface area contributed by atoms with Gasteiger partial charge in [-0.3, -0.25) is 9.69 Å². The van der Waals surface area contributed by atoms with E-state index in [4.69, 9.17) is 9.15 Å². The molecule has 0 atom stereocenters. The van der Waals surface area contributed by atoms with Crippen LogP contribution in [0.1, 0.15) is 26.7 Å². The summed E-state index contributed by atoms with van der Waals surface area (Å²) in [5, 5.41) is 13.0. The minimum atomic E-state index is -0.355. The first-order valence-corrected chi connectivity index (χ1v) is 12.1. The number of ether oxygens (including phenoxy) is 1. The minimum absolute atomic E-state index is 0.291. The molecular weight excluding hydrogens is 460 g/mol. The molecule has 1 aliphatic heterocycles. The number of hydrogen-bond donors (Lipinski definition) is 1. The van der Waals surface area contributed by atoms with Gasteiger partial charge < -0.3 is 14.5 Å². The summed E-state index contributed by atoms with van der Waals surface area (Å²) in [6, 6.07) is 15.1. The first-order chi connectivity index (χ1) is 16.1. The fourth-order valence-corrected chi connectivity index (χ4v) is 5.46. The highest BCUT2D eigenvalue weighted by atomic mass is 32.2. The number of carbonyl (C=O) groups is 2. The van der Waals surface area contributed by atoms with Crippen LogP contribution in [0.25, 0.3) is 11.0 Å². The highest BCUT2D eigenvalue weighted by molar-refractivity contribution is 8.00. The molecule has 4 aromatic rings. The number of nitrogens with zero attached hydrogens (tertiary/aromatic N) is 3. The Hall–Kier alpha value is -3.37. The number of carbonyl (C=O) groups excluding carboxylic acids is 2. The van der Waals surface area contributed by atoms with Crippen molar-refractivity contribution in [1.29, 1.82) is 0 Å². The zero-order valence-electron chi connectivity index (χ0n) is 17.7. The van der Waals surface area contributed by atoms with Crippen LogP contribution in [0, 0.1) is 6.92 Å². The maximum atomic E-state index is 13.1. The minimum Gasteiger partial charge on any atom is -0.451 e.